The molecule has 3 aromatic rings. The SMILES string of the molecule is CC[C@H](C(=O)NC1CCCC1)N(Cc1ccc(F)cc1)C(=O)CN(c1ccc(Cl)cc1C)S(=O)(=O)c1ccccc1. The Kier molecular flexibility index (Phi) is 10.0. The first-order valence-electron chi connectivity index (χ1n) is 13.8. The highest BCUT2D eigenvalue weighted by atomic mass is 35.5. The Labute approximate surface area is 246 Å². The molecular formula is C31H35ClFN3O4S. The van der Waals surface area contributed by atoms with E-state index < -0.39 is 34.3 Å². The van der Waals surface area contributed by atoms with Crippen LogP contribution in [-0.2, 0) is 26.2 Å². The van der Waals surface area contributed by atoms with Crippen LogP contribution in [0.1, 0.15) is 50.2 Å². The average molecular weight is 600 g/mol. The lowest BCUT2D eigenvalue weighted by molar-refractivity contribution is -0.140. The van der Waals surface area contributed by atoms with Gasteiger partial charge in [0.2, 0.25) is 11.8 Å². The van der Waals surface area contributed by atoms with E-state index in [2.05, 4.69) is 5.32 Å². The smallest absolute Gasteiger partial charge is 0.264 e. The number of rotatable bonds is 11. The molecule has 0 radical (unpaired) electrons. The van der Waals surface area contributed by atoms with Gasteiger partial charge in [-0.1, -0.05) is 61.7 Å². The Balaban J connectivity index is 1.72. The van der Waals surface area contributed by atoms with E-state index in [0.29, 0.717) is 28.3 Å². The van der Waals surface area contributed by atoms with Crippen LogP contribution in [-0.4, -0.2) is 43.8 Å². The van der Waals surface area contributed by atoms with Crippen LogP contribution < -0.4 is 9.62 Å². The molecule has 1 saturated carbocycles. The molecule has 2 amide bonds. The molecule has 1 aliphatic rings. The Hall–Kier alpha value is -3.43. The molecule has 0 unspecified atom stereocenters. The lowest BCUT2D eigenvalue weighted by Gasteiger charge is -2.34. The van der Waals surface area contributed by atoms with Crippen LogP contribution in [0.2, 0.25) is 5.02 Å². The summed E-state index contributed by atoms with van der Waals surface area (Å²) in [6, 6.07) is 17.5. The largest absolute Gasteiger partial charge is 0.352 e. The predicted octanol–water partition coefficient (Wildman–Crippen LogP) is 5.85. The van der Waals surface area contributed by atoms with E-state index in [4.69, 9.17) is 11.6 Å². The Morgan fingerprint density at radius 1 is 1.02 bits per heavy atom. The van der Waals surface area contributed by atoms with Crippen molar-refractivity contribution >= 4 is 39.1 Å². The van der Waals surface area contributed by atoms with Crippen molar-refractivity contribution in [3.63, 3.8) is 0 Å². The molecule has 218 valence electrons. The topological polar surface area (TPSA) is 86.8 Å². The van der Waals surface area contributed by atoms with Crippen molar-refractivity contribution < 1.29 is 22.4 Å². The maximum Gasteiger partial charge on any atom is 0.264 e. The van der Waals surface area contributed by atoms with Crippen molar-refractivity contribution in [3.8, 4) is 0 Å². The molecule has 0 saturated heterocycles. The lowest BCUT2D eigenvalue weighted by Crippen LogP contribution is -2.53. The van der Waals surface area contributed by atoms with Gasteiger partial charge >= 0.3 is 0 Å². The summed E-state index contributed by atoms with van der Waals surface area (Å²) in [5.41, 5.74) is 1.49. The first-order chi connectivity index (χ1) is 19.6. The first kappa shape index (κ1) is 30.5. The van der Waals surface area contributed by atoms with Gasteiger partial charge in [0, 0.05) is 17.6 Å². The molecule has 1 aliphatic carbocycles. The Morgan fingerprint density at radius 3 is 2.29 bits per heavy atom. The Morgan fingerprint density at radius 2 is 1.68 bits per heavy atom. The molecule has 0 spiro atoms. The molecule has 0 aromatic heterocycles. The molecule has 10 heteroatoms. The van der Waals surface area contributed by atoms with E-state index in [9.17, 15) is 22.4 Å². The number of carbonyl (C=O) groups excluding carboxylic acids is 2. The van der Waals surface area contributed by atoms with Gasteiger partial charge in [0.25, 0.3) is 10.0 Å². The summed E-state index contributed by atoms with van der Waals surface area (Å²) in [6.07, 6.45) is 4.15. The second-order valence-electron chi connectivity index (χ2n) is 10.3. The van der Waals surface area contributed by atoms with Crippen LogP contribution in [0.5, 0.6) is 0 Å². The van der Waals surface area contributed by atoms with Gasteiger partial charge in [-0.05, 0) is 79.8 Å². The molecule has 1 atom stereocenters. The van der Waals surface area contributed by atoms with E-state index >= 15 is 0 Å². The molecule has 1 fully saturated rings. The zero-order valence-corrected chi connectivity index (χ0v) is 24.8. The van der Waals surface area contributed by atoms with Crippen LogP contribution in [0, 0.1) is 12.7 Å². The highest BCUT2D eigenvalue weighted by Gasteiger charge is 2.35. The highest BCUT2D eigenvalue weighted by Crippen LogP contribution is 2.29. The number of benzene rings is 3. The minimum absolute atomic E-state index is 0.00846. The third-order valence-electron chi connectivity index (χ3n) is 7.39. The standard InChI is InChI=1S/C31H35ClFN3O4S/c1-3-28(31(38)34-26-9-7-8-10-26)35(20-23-13-16-25(33)17-14-23)30(37)21-36(29-18-15-24(32)19-22(29)2)41(39,40)27-11-5-4-6-12-27/h4-6,11-19,26,28H,3,7-10,20-21H2,1-2H3,(H,34,38)/t28-/m1/s1. The number of halogens is 2. The summed E-state index contributed by atoms with van der Waals surface area (Å²) in [7, 11) is -4.18. The van der Waals surface area contributed by atoms with E-state index in [0.717, 1.165) is 30.0 Å². The third kappa shape index (κ3) is 7.45. The van der Waals surface area contributed by atoms with E-state index in [1.165, 1.54) is 29.2 Å². The molecule has 0 heterocycles. The normalized spacial score (nSPS) is 14.4. The third-order valence-corrected chi connectivity index (χ3v) is 9.40. The summed E-state index contributed by atoms with van der Waals surface area (Å²) in [6.45, 7) is 2.99. The first-order valence-corrected chi connectivity index (χ1v) is 15.6. The zero-order chi connectivity index (χ0) is 29.6. The fourth-order valence-electron chi connectivity index (χ4n) is 5.21. The van der Waals surface area contributed by atoms with Crippen LogP contribution in [0.25, 0.3) is 0 Å². The molecule has 3 aromatic carbocycles. The summed E-state index contributed by atoms with van der Waals surface area (Å²) >= 11 is 6.16. The second kappa shape index (κ2) is 13.5. The molecule has 0 aliphatic heterocycles. The summed E-state index contributed by atoms with van der Waals surface area (Å²) in [5, 5.41) is 3.51. The van der Waals surface area contributed by atoms with Crippen molar-refractivity contribution in [2.24, 2.45) is 0 Å². The van der Waals surface area contributed by atoms with Crippen LogP contribution in [0.15, 0.2) is 77.7 Å². The van der Waals surface area contributed by atoms with E-state index in [1.807, 2.05) is 6.92 Å². The van der Waals surface area contributed by atoms with Crippen molar-refractivity contribution in [3.05, 3.63) is 94.8 Å². The molecule has 7 nitrogen and oxygen atoms in total. The van der Waals surface area contributed by atoms with Crippen molar-refractivity contribution in [2.45, 2.75) is 69.5 Å². The van der Waals surface area contributed by atoms with Gasteiger partial charge in [-0.15, -0.1) is 0 Å². The molecule has 0 bridgehead atoms. The molecule has 1 N–H and O–H groups in total. The number of nitrogens with zero attached hydrogens (tertiary/aromatic N) is 2. The second-order valence-corrected chi connectivity index (χ2v) is 12.6. The van der Waals surface area contributed by atoms with Gasteiger partial charge in [-0.25, -0.2) is 12.8 Å². The van der Waals surface area contributed by atoms with Crippen LogP contribution in [0.3, 0.4) is 0 Å². The van der Waals surface area contributed by atoms with Gasteiger partial charge < -0.3 is 10.2 Å². The minimum atomic E-state index is -4.18. The summed E-state index contributed by atoms with van der Waals surface area (Å²) in [4.78, 5) is 29.0. The highest BCUT2D eigenvalue weighted by molar-refractivity contribution is 7.92. The maximum atomic E-state index is 14.1. The zero-order valence-electron chi connectivity index (χ0n) is 23.2. The van der Waals surface area contributed by atoms with Crippen molar-refractivity contribution in [2.75, 3.05) is 10.8 Å². The summed E-state index contributed by atoms with van der Waals surface area (Å²) in [5.74, 6) is -1.26. The number of aryl methyl sites for hydroxylation is 1. The molecule has 41 heavy (non-hydrogen) atoms. The number of anilines is 1. The average Bonchev–Trinajstić information content (AvgIpc) is 3.46. The number of carbonyl (C=O) groups is 2. The fraction of sp³-hybridized carbons (Fsp3) is 0.355. The number of nitrogens with one attached hydrogen (secondary N) is 1. The Bertz CT molecular complexity index is 1460. The fourth-order valence-corrected chi connectivity index (χ4v) is 6.93. The monoisotopic (exact) mass is 599 g/mol. The summed E-state index contributed by atoms with van der Waals surface area (Å²) < 4.78 is 42.6. The predicted molar refractivity (Wildman–Crippen MR) is 159 cm³/mol. The van der Waals surface area contributed by atoms with Crippen molar-refractivity contribution in [1.29, 1.82) is 0 Å². The van der Waals surface area contributed by atoms with Crippen LogP contribution >= 0.6 is 11.6 Å². The van der Waals surface area contributed by atoms with Crippen molar-refractivity contribution in [1.82, 2.24) is 10.2 Å². The lowest BCUT2D eigenvalue weighted by atomic mass is 10.1. The number of hydrogen-bond donors (Lipinski definition) is 1. The quantitative estimate of drug-likeness (QED) is 0.300. The van der Waals surface area contributed by atoms with Gasteiger partial charge in [0.15, 0.2) is 0 Å². The molecule has 4 rings (SSSR count). The number of amides is 2. The number of hydrogen-bond acceptors (Lipinski definition) is 4. The van der Waals surface area contributed by atoms with Gasteiger partial charge in [0.05, 0.1) is 10.6 Å². The molecular weight excluding hydrogens is 565 g/mol. The van der Waals surface area contributed by atoms with Gasteiger partial charge in [0.1, 0.15) is 18.4 Å². The van der Waals surface area contributed by atoms with E-state index in [1.54, 1.807) is 55.5 Å². The van der Waals surface area contributed by atoms with Crippen LogP contribution in [0.4, 0.5) is 10.1 Å². The van der Waals surface area contributed by atoms with E-state index in [-0.39, 0.29) is 23.4 Å². The van der Waals surface area contributed by atoms with Gasteiger partial charge in [-0.3, -0.25) is 13.9 Å². The number of sulfonamides is 1. The minimum Gasteiger partial charge on any atom is -0.352 e. The van der Waals surface area contributed by atoms with Gasteiger partial charge in [-0.2, -0.15) is 0 Å². The maximum absolute atomic E-state index is 14.1.